The van der Waals surface area contributed by atoms with Crippen LogP contribution in [0.4, 0.5) is 5.69 Å². The van der Waals surface area contributed by atoms with E-state index in [1.807, 2.05) is 0 Å². The topological polar surface area (TPSA) is 90.2 Å². The van der Waals surface area contributed by atoms with E-state index in [1.54, 1.807) is 31.2 Å². The zero-order chi connectivity index (χ0) is 13.6. The molecule has 0 heterocycles. The van der Waals surface area contributed by atoms with Gasteiger partial charge in [-0.1, -0.05) is 17.9 Å². The highest BCUT2D eigenvalue weighted by Crippen LogP contribution is 2.17. The first kappa shape index (κ1) is 14.0. The molecule has 18 heavy (non-hydrogen) atoms. The number of aryl methyl sites for hydroxylation is 1. The van der Waals surface area contributed by atoms with Crippen LogP contribution in [0.15, 0.2) is 18.2 Å². The van der Waals surface area contributed by atoms with E-state index in [4.69, 9.17) is 10.4 Å². The van der Waals surface area contributed by atoms with Gasteiger partial charge in [-0.25, -0.2) is 8.42 Å². The fourth-order valence-electron chi connectivity index (χ4n) is 1.24. The van der Waals surface area contributed by atoms with Crippen LogP contribution in [0.5, 0.6) is 0 Å². The molecule has 0 spiro atoms. The summed E-state index contributed by atoms with van der Waals surface area (Å²) in [6, 6.07) is 6.58. The molecule has 6 heteroatoms. The number of sulfonamides is 1. The molecule has 0 saturated heterocycles. The molecule has 0 amide bonds. The number of anilines is 1. The van der Waals surface area contributed by atoms with Crippen molar-refractivity contribution in [2.24, 2.45) is 0 Å². The van der Waals surface area contributed by atoms with Crippen molar-refractivity contribution in [3.63, 3.8) is 0 Å². The van der Waals surface area contributed by atoms with Crippen molar-refractivity contribution in [2.45, 2.75) is 6.92 Å². The molecule has 0 aliphatic heterocycles. The number of nitrogens with zero attached hydrogens (tertiary/aromatic N) is 1. The molecule has 1 aromatic carbocycles. The first-order valence-electron chi connectivity index (χ1n) is 5.06. The summed E-state index contributed by atoms with van der Waals surface area (Å²) < 4.78 is 25.3. The highest BCUT2D eigenvalue weighted by atomic mass is 32.2. The van der Waals surface area contributed by atoms with Crippen molar-refractivity contribution < 1.29 is 13.5 Å². The molecule has 0 radical (unpaired) electrons. The summed E-state index contributed by atoms with van der Waals surface area (Å²) in [6.07, 6.45) is 0. The maximum atomic E-state index is 11.5. The largest absolute Gasteiger partial charge is 0.384 e. The number of benzene rings is 1. The molecule has 0 aliphatic carbocycles. The molecule has 0 aliphatic rings. The molecule has 5 nitrogen and oxygen atoms in total. The molecule has 1 aromatic rings. The summed E-state index contributed by atoms with van der Waals surface area (Å²) in [4.78, 5) is 0. The quantitative estimate of drug-likeness (QED) is 0.782. The Morgan fingerprint density at radius 3 is 2.78 bits per heavy atom. The van der Waals surface area contributed by atoms with E-state index in [0.29, 0.717) is 11.3 Å². The van der Waals surface area contributed by atoms with Crippen molar-refractivity contribution in [2.75, 3.05) is 17.1 Å². The summed E-state index contributed by atoms with van der Waals surface area (Å²) in [5.74, 6) is 4.56. The van der Waals surface area contributed by atoms with Gasteiger partial charge in [-0.15, -0.1) is 0 Å². The molecular formula is C12H12N2O3S. The van der Waals surface area contributed by atoms with E-state index in [9.17, 15) is 8.42 Å². The third kappa shape index (κ3) is 4.10. The summed E-state index contributed by atoms with van der Waals surface area (Å²) >= 11 is 0. The Kier molecular flexibility index (Phi) is 4.73. The standard InChI is InChI=1S/C12H12N2O3S/c1-10-4-5-11(3-2-7-15)9-12(10)14-18(16,17)8-6-13/h4-5,9,14-15H,7-8H2,1H3. The van der Waals surface area contributed by atoms with Crippen LogP contribution >= 0.6 is 0 Å². The monoisotopic (exact) mass is 264 g/mol. The van der Waals surface area contributed by atoms with Gasteiger partial charge in [0.05, 0.1) is 11.8 Å². The molecule has 1 rings (SSSR count). The van der Waals surface area contributed by atoms with Crippen molar-refractivity contribution in [3.8, 4) is 17.9 Å². The molecule has 0 saturated carbocycles. The second-order valence-corrected chi connectivity index (χ2v) is 5.23. The number of aliphatic hydroxyl groups is 1. The third-order valence-electron chi connectivity index (χ3n) is 2.07. The number of hydrogen-bond donors (Lipinski definition) is 2. The Hall–Kier alpha value is -2.02. The predicted molar refractivity (Wildman–Crippen MR) is 68.2 cm³/mol. The van der Waals surface area contributed by atoms with Crippen LogP contribution in [-0.4, -0.2) is 25.9 Å². The zero-order valence-electron chi connectivity index (χ0n) is 9.77. The summed E-state index contributed by atoms with van der Waals surface area (Å²) in [7, 11) is -3.65. The minimum atomic E-state index is -3.65. The van der Waals surface area contributed by atoms with Crippen LogP contribution in [0.1, 0.15) is 11.1 Å². The van der Waals surface area contributed by atoms with Crippen LogP contribution < -0.4 is 4.72 Å². The fraction of sp³-hybridized carbons (Fsp3) is 0.250. The number of rotatable bonds is 3. The van der Waals surface area contributed by atoms with Gasteiger partial charge in [0.25, 0.3) is 0 Å². The average molecular weight is 264 g/mol. The predicted octanol–water partition coefficient (Wildman–Crippen LogP) is 0.604. The van der Waals surface area contributed by atoms with Crippen molar-refractivity contribution in [3.05, 3.63) is 29.3 Å². The normalized spacial score (nSPS) is 10.1. The van der Waals surface area contributed by atoms with Gasteiger partial charge in [-0.3, -0.25) is 4.72 Å². The van der Waals surface area contributed by atoms with E-state index in [-0.39, 0.29) is 6.61 Å². The van der Waals surface area contributed by atoms with Crippen LogP contribution in [-0.2, 0) is 10.0 Å². The average Bonchev–Trinajstić information content (AvgIpc) is 2.29. The lowest BCUT2D eigenvalue weighted by Crippen LogP contribution is -2.16. The van der Waals surface area contributed by atoms with E-state index in [2.05, 4.69) is 16.6 Å². The van der Waals surface area contributed by atoms with Crippen molar-refractivity contribution in [1.82, 2.24) is 0 Å². The molecular weight excluding hydrogens is 252 g/mol. The summed E-state index contributed by atoms with van der Waals surface area (Å²) in [6.45, 7) is 1.48. The number of aliphatic hydroxyl groups excluding tert-OH is 1. The Labute approximate surface area is 106 Å². The fourth-order valence-corrected chi connectivity index (χ4v) is 2.04. The van der Waals surface area contributed by atoms with Crippen LogP contribution in [0, 0.1) is 30.1 Å². The number of nitrogens with one attached hydrogen (secondary N) is 1. The van der Waals surface area contributed by atoms with Gasteiger partial charge in [0, 0.05) is 5.56 Å². The highest BCUT2D eigenvalue weighted by molar-refractivity contribution is 7.92. The van der Waals surface area contributed by atoms with Gasteiger partial charge < -0.3 is 5.11 Å². The van der Waals surface area contributed by atoms with E-state index >= 15 is 0 Å². The van der Waals surface area contributed by atoms with Gasteiger partial charge >= 0.3 is 0 Å². The van der Waals surface area contributed by atoms with Crippen LogP contribution in [0.2, 0.25) is 0 Å². The minimum Gasteiger partial charge on any atom is -0.384 e. The second-order valence-electron chi connectivity index (χ2n) is 3.51. The SMILES string of the molecule is Cc1ccc(C#CCO)cc1NS(=O)(=O)CC#N. The third-order valence-corrected chi connectivity index (χ3v) is 3.11. The lowest BCUT2D eigenvalue weighted by atomic mass is 10.1. The number of nitriles is 1. The minimum absolute atomic E-state index is 0.261. The molecule has 0 unspecified atom stereocenters. The van der Waals surface area contributed by atoms with E-state index < -0.39 is 15.8 Å². The van der Waals surface area contributed by atoms with Gasteiger partial charge in [0.15, 0.2) is 5.75 Å². The first-order valence-corrected chi connectivity index (χ1v) is 6.71. The maximum absolute atomic E-state index is 11.5. The molecule has 0 aromatic heterocycles. The molecule has 94 valence electrons. The van der Waals surface area contributed by atoms with Crippen LogP contribution in [0.25, 0.3) is 0 Å². The molecule has 0 atom stereocenters. The second kappa shape index (κ2) is 6.06. The van der Waals surface area contributed by atoms with E-state index in [0.717, 1.165) is 5.56 Å². The highest BCUT2D eigenvalue weighted by Gasteiger charge is 2.11. The van der Waals surface area contributed by atoms with E-state index in [1.165, 1.54) is 0 Å². The van der Waals surface area contributed by atoms with Gasteiger partial charge in [-0.05, 0) is 24.6 Å². The summed E-state index contributed by atoms with van der Waals surface area (Å²) in [5.41, 5.74) is 1.70. The van der Waals surface area contributed by atoms with Crippen molar-refractivity contribution >= 4 is 15.7 Å². The Bertz CT molecular complexity index is 634. The molecule has 0 fully saturated rings. The van der Waals surface area contributed by atoms with Gasteiger partial charge in [-0.2, -0.15) is 5.26 Å². The molecule has 0 bridgehead atoms. The smallest absolute Gasteiger partial charge is 0.246 e. The summed E-state index contributed by atoms with van der Waals surface area (Å²) in [5, 5.41) is 17.0. The van der Waals surface area contributed by atoms with Crippen molar-refractivity contribution in [1.29, 1.82) is 5.26 Å². The number of hydrogen-bond acceptors (Lipinski definition) is 4. The van der Waals surface area contributed by atoms with Gasteiger partial charge in [0.2, 0.25) is 10.0 Å². The maximum Gasteiger partial charge on any atom is 0.246 e. The Morgan fingerprint density at radius 2 is 2.17 bits per heavy atom. The Morgan fingerprint density at radius 1 is 1.44 bits per heavy atom. The lowest BCUT2D eigenvalue weighted by Gasteiger charge is -2.08. The lowest BCUT2D eigenvalue weighted by molar-refractivity contribution is 0.350. The van der Waals surface area contributed by atoms with Crippen LogP contribution in [0.3, 0.4) is 0 Å². The Balaban J connectivity index is 3.06. The van der Waals surface area contributed by atoms with Gasteiger partial charge in [0.1, 0.15) is 6.61 Å². The zero-order valence-corrected chi connectivity index (χ0v) is 10.6. The first-order chi connectivity index (χ1) is 8.48. The molecule has 2 N–H and O–H groups in total.